The Morgan fingerprint density at radius 2 is 1.81 bits per heavy atom. The first-order valence-corrected chi connectivity index (χ1v) is 10.8. The number of carbonyl (C=O) groups is 2. The predicted molar refractivity (Wildman–Crippen MR) is 125 cm³/mol. The number of amidine groups is 1. The lowest BCUT2D eigenvalue weighted by atomic mass is 10.2. The molecule has 1 fully saturated rings. The quantitative estimate of drug-likeness (QED) is 0.602. The summed E-state index contributed by atoms with van der Waals surface area (Å²) in [5, 5.41) is 3.96. The summed E-state index contributed by atoms with van der Waals surface area (Å²) in [6, 6.07) is 23.7. The molecule has 3 aromatic rings. The molecule has 1 heterocycles. The number of para-hydroxylation sites is 2. The highest BCUT2D eigenvalue weighted by Gasteiger charge is 2.39. The Morgan fingerprint density at radius 3 is 2.55 bits per heavy atom. The monoisotopic (exact) mass is 450 g/mol. The molecule has 1 aliphatic rings. The molecule has 3 aromatic carbocycles. The zero-order valence-corrected chi connectivity index (χ0v) is 18.2. The van der Waals surface area contributed by atoms with Gasteiger partial charge in [-0.1, -0.05) is 48.0 Å². The van der Waals surface area contributed by atoms with Gasteiger partial charge in [-0.25, -0.2) is 10.0 Å². The molecule has 0 spiro atoms. The Balaban J connectivity index is 1.71. The minimum Gasteiger partial charge on any atom is -0.355 e. The molecule has 4 rings (SSSR count). The Hall–Kier alpha value is -3.29. The third-order valence-corrected chi connectivity index (χ3v) is 6.11. The van der Waals surface area contributed by atoms with Crippen molar-refractivity contribution in [2.45, 2.75) is 10.1 Å². The number of nitrogens with one attached hydrogen (secondary N) is 2. The van der Waals surface area contributed by atoms with Gasteiger partial charge in [0.2, 0.25) is 0 Å². The van der Waals surface area contributed by atoms with Crippen molar-refractivity contribution in [3.05, 3.63) is 89.4 Å². The van der Waals surface area contributed by atoms with E-state index in [0.29, 0.717) is 27.8 Å². The first kappa shape index (κ1) is 21.0. The predicted octanol–water partition coefficient (Wildman–Crippen LogP) is 4.44. The van der Waals surface area contributed by atoms with E-state index in [1.807, 2.05) is 48.5 Å². The highest BCUT2D eigenvalue weighted by Crippen LogP contribution is 2.33. The molecule has 2 N–H and O–H groups in total. The third-order valence-electron chi connectivity index (χ3n) is 4.60. The molecule has 1 saturated heterocycles. The number of hydrogen-bond donors (Lipinski definition) is 2. The first-order valence-electron chi connectivity index (χ1n) is 9.54. The van der Waals surface area contributed by atoms with Crippen molar-refractivity contribution < 1.29 is 9.59 Å². The lowest BCUT2D eigenvalue weighted by Crippen LogP contribution is -2.35. The van der Waals surface area contributed by atoms with Crippen LogP contribution in [-0.2, 0) is 4.79 Å². The molecule has 8 heteroatoms. The van der Waals surface area contributed by atoms with E-state index in [4.69, 9.17) is 11.6 Å². The molecule has 1 atom stereocenters. The van der Waals surface area contributed by atoms with E-state index in [9.17, 15) is 9.59 Å². The van der Waals surface area contributed by atoms with Crippen LogP contribution < -0.4 is 15.8 Å². The van der Waals surface area contributed by atoms with E-state index >= 15 is 0 Å². The number of carbonyl (C=O) groups excluding carboxylic acids is 2. The van der Waals surface area contributed by atoms with Crippen LogP contribution in [0.25, 0.3) is 0 Å². The van der Waals surface area contributed by atoms with Crippen molar-refractivity contribution >= 4 is 52.4 Å². The van der Waals surface area contributed by atoms with Crippen LogP contribution in [0.4, 0.5) is 11.4 Å². The summed E-state index contributed by atoms with van der Waals surface area (Å²) in [5.41, 5.74) is 4.93. The fourth-order valence-corrected chi connectivity index (χ4v) is 4.31. The van der Waals surface area contributed by atoms with Crippen molar-refractivity contribution in [3.8, 4) is 0 Å². The fourth-order valence-electron chi connectivity index (χ4n) is 3.08. The number of thioether (sulfide) groups is 1. The second-order valence-corrected chi connectivity index (χ2v) is 8.26. The highest BCUT2D eigenvalue weighted by molar-refractivity contribution is 8.01. The lowest BCUT2D eigenvalue weighted by Gasteiger charge is -2.15. The number of halogens is 1. The van der Waals surface area contributed by atoms with Crippen molar-refractivity contribution in [2.24, 2.45) is 4.99 Å². The minimum absolute atomic E-state index is 0.160. The number of aliphatic imine (C=N–C) groups is 1. The van der Waals surface area contributed by atoms with Crippen LogP contribution in [0.3, 0.4) is 0 Å². The average molecular weight is 451 g/mol. The summed E-state index contributed by atoms with van der Waals surface area (Å²) in [4.78, 5) is 30.7. The zero-order chi connectivity index (χ0) is 21.8. The largest absolute Gasteiger partial charge is 0.355 e. The maximum atomic E-state index is 13.3. The molecule has 2 amide bonds. The summed E-state index contributed by atoms with van der Waals surface area (Å²) < 4.78 is 0. The normalized spacial score (nSPS) is 17.0. The van der Waals surface area contributed by atoms with Crippen LogP contribution in [0.15, 0.2) is 88.8 Å². The Kier molecular flexibility index (Phi) is 6.25. The summed E-state index contributed by atoms with van der Waals surface area (Å²) in [6.07, 6.45) is 0. The van der Waals surface area contributed by atoms with Crippen LogP contribution in [0, 0.1) is 0 Å². The van der Waals surface area contributed by atoms with E-state index in [0.717, 1.165) is 4.90 Å². The van der Waals surface area contributed by atoms with Crippen LogP contribution in [0.2, 0.25) is 5.02 Å². The second-order valence-electron chi connectivity index (χ2n) is 6.67. The topological polar surface area (TPSA) is 73.8 Å². The number of anilines is 1. The van der Waals surface area contributed by atoms with Crippen LogP contribution in [-0.4, -0.2) is 29.9 Å². The minimum atomic E-state index is -0.628. The van der Waals surface area contributed by atoms with Crippen molar-refractivity contribution in [1.29, 1.82) is 0 Å². The second kappa shape index (κ2) is 9.24. The van der Waals surface area contributed by atoms with Gasteiger partial charge in [0, 0.05) is 17.5 Å². The van der Waals surface area contributed by atoms with Gasteiger partial charge < -0.3 is 5.32 Å². The molecule has 0 radical (unpaired) electrons. The maximum absolute atomic E-state index is 13.3. The molecule has 1 unspecified atom stereocenters. The summed E-state index contributed by atoms with van der Waals surface area (Å²) >= 11 is 7.61. The van der Waals surface area contributed by atoms with Gasteiger partial charge in [0.05, 0.1) is 16.4 Å². The third kappa shape index (κ3) is 4.57. The van der Waals surface area contributed by atoms with E-state index in [-0.39, 0.29) is 11.8 Å². The van der Waals surface area contributed by atoms with Crippen LogP contribution >= 0.6 is 23.4 Å². The van der Waals surface area contributed by atoms with Crippen molar-refractivity contribution in [2.75, 3.05) is 12.1 Å². The molecule has 0 aromatic heterocycles. The Bertz CT molecular complexity index is 1150. The Morgan fingerprint density at radius 1 is 1.06 bits per heavy atom. The average Bonchev–Trinajstić information content (AvgIpc) is 3.10. The van der Waals surface area contributed by atoms with Gasteiger partial charge in [-0.15, -0.1) is 11.8 Å². The molecule has 156 valence electrons. The first-order chi connectivity index (χ1) is 15.1. The molecule has 6 nitrogen and oxygen atoms in total. The summed E-state index contributed by atoms with van der Waals surface area (Å²) in [6.45, 7) is 0. The molecule has 1 aliphatic heterocycles. The van der Waals surface area contributed by atoms with Crippen molar-refractivity contribution in [1.82, 2.24) is 10.7 Å². The smallest absolute Gasteiger partial charge is 0.266 e. The van der Waals surface area contributed by atoms with Gasteiger partial charge in [0.25, 0.3) is 11.8 Å². The number of amides is 2. The standard InChI is InChI=1S/C23H19ClN4O2S/c1-25-22(29)15-8-7-11-17(14-15)31-20-21(26-19-13-6-5-12-18(19)24)27-28(23(20)30)16-9-3-2-4-10-16/h2-14,20H,1H3,(H,25,29)(H,26,27). The van der Waals surface area contributed by atoms with E-state index < -0.39 is 5.25 Å². The molecule has 0 aliphatic carbocycles. The SMILES string of the molecule is CNC(=O)c1cccc(SC2C(=O)N(c3ccccc3)NC2=Nc2ccccc2Cl)c1. The maximum Gasteiger partial charge on any atom is 0.266 e. The molecule has 31 heavy (non-hydrogen) atoms. The fraction of sp³-hybridized carbons (Fsp3) is 0.0870. The molecule has 0 saturated carbocycles. The van der Waals surface area contributed by atoms with Crippen LogP contribution in [0.5, 0.6) is 0 Å². The van der Waals surface area contributed by atoms with Gasteiger partial charge in [0.15, 0.2) is 0 Å². The van der Waals surface area contributed by atoms with Gasteiger partial charge >= 0.3 is 0 Å². The number of nitrogens with zero attached hydrogens (tertiary/aromatic N) is 2. The molecule has 0 bridgehead atoms. The zero-order valence-electron chi connectivity index (χ0n) is 16.6. The van der Waals surface area contributed by atoms with Crippen LogP contribution in [0.1, 0.15) is 10.4 Å². The van der Waals surface area contributed by atoms with Gasteiger partial charge in [-0.3, -0.25) is 15.0 Å². The van der Waals surface area contributed by atoms with Crippen molar-refractivity contribution in [3.63, 3.8) is 0 Å². The molecular formula is C23H19ClN4O2S. The number of hydrazine groups is 1. The highest BCUT2D eigenvalue weighted by atomic mass is 35.5. The Labute approximate surface area is 189 Å². The van der Waals surface area contributed by atoms with Gasteiger partial charge in [-0.05, 0) is 42.5 Å². The summed E-state index contributed by atoms with van der Waals surface area (Å²) in [7, 11) is 1.58. The summed E-state index contributed by atoms with van der Waals surface area (Å²) in [5.74, 6) is 0.124. The molecular weight excluding hydrogens is 432 g/mol. The lowest BCUT2D eigenvalue weighted by molar-refractivity contribution is -0.116. The van der Waals surface area contributed by atoms with Gasteiger partial charge in [0.1, 0.15) is 11.1 Å². The van der Waals surface area contributed by atoms with E-state index in [2.05, 4.69) is 15.7 Å². The van der Waals surface area contributed by atoms with E-state index in [1.165, 1.54) is 16.8 Å². The van der Waals surface area contributed by atoms with E-state index in [1.54, 1.807) is 37.4 Å². The number of hydrogen-bond acceptors (Lipinski definition) is 4. The number of benzene rings is 3. The number of rotatable bonds is 5. The van der Waals surface area contributed by atoms with Gasteiger partial charge in [-0.2, -0.15) is 0 Å².